The summed E-state index contributed by atoms with van der Waals surface area (Å²) in [5.41, 5.74) is -20.3. The Hall–Kier alpha value is -7.64. The second-order valence-electron chi connectivity index (χ2n) is 11.4. The van der Waals surface area contributed by atoms with Crippen molar-refractivity contribution in [2.24, 2.45) is 0 Å². The van der Waals surface area contributed by atoms with E-state index < -0.39 is 125 Å². The van der Waals surface area contributed by atoms with E-state index in [0.29, 0.717) is 18.2 Å². The molecule has 0 bridgehead atoms. The first-order valence-electron chi connectivity index (χ1n) is 15.2. The zero-order chi connectivity index (χ0) is 42.6. The number of allylic oxidation sites excluding steroid dienone is 1. The largest absolute Gasteiger partial charge is 0.418 e. The summed E-state index contributed by atoms with van der Waals surface area (Å²) in [5.74, 6) is -8.39. The van der Waals surface area contributed by atoms with E-state index in [9.17, 15) is 68.4 Å². The van der Waals surface area contributed by atoms with Gasteiger partial charge in [-0.15, -0.1) is 6.58 Å². The molecule has 0 fully saturated rings. The molecule has 0 atom stereocenters. The third-order valence-electron chi connectivity index (χ3n) is 8.11. The van der Waals surface area contributed by atoms with Crippen LogP contribution in [-0.4, -0.2) is 0 Å². The summed E-state index contributed by atoms with van der Waals surface area (Å²) in [6.45, 7) is 4.39. The maximum Gasteiger partial charge on any atom is 0.418 e. The van der Waals surface area contributed by atoms with Crippen molar-refractivity contribution in [1.29, 1.82) is 42.1 Å². The van der Waals surface area contributed by atoms with Crippen LogP contribution in [0.25, 0.3) is 11.1 Å². The molecular weight excluding hydrogens is 758 g/mol. The van der Waals surface area contributed by atoms with Gasteiger partial charge in [0.2, 0.25) is 0 Å². The molecular formula is C38H16F10N8. The Balaban J connectivity index is 2.87. The molecule has 0 aromatic heterocycles. The highest BCUT2D eigenvalue weighted by molar-refractivity contribution is 5.85. The van der Waals surface area contributed by atoms with Crippen LogP contribution in [-0.2, 0) is 24.2 Å². The van der Waals surface area contributed by atoms with Gasteiger partial charge in [-0.1, -0.05) is 19.4 Å². The molecule has 0 aliphatic heterocycles. The second-order valence-corrected chi connectivity index (χ2v) is 11.4. The molecule has 0 unspecified atom stereocenters. The number of rotatable bonds is 8. The Morgan fingerprint density at radius 3 is 1.32 bits per heavy atom. The molecule has 3 aromatic rings. The number of halogens is 10. The van der Waals surface area contributed by atoms with E-state index in [0.717, 1.165) is 24.3 Å². The predicted molar refractivity (Wildman–Crippen MR) is 171 cm³/mol. The fraction of sp³-hybridized carbons (Fsp3) is 0.211. The van der Waals surface area contributed by atoms with E-state index in [1.165, 1.54) is 31.2 Å². The number of hydrogen-bond donors (Lipinski definition) is 0. The van der Waals surface area contributed by atoms with Crippen molar-refractivity contribution in [2.75, 3.05) is 0 Å². The Labute approximate surface area is 310 Å². The smallest absolute Gasteiger partial charge is 0.201 e. The fourth-order valence-electron chi connectivity index (χ4n) is 5.86. The molecule has 0 heterocycles. The molecule has 0 radical (unpaired) electrons. The minimum absolute atomic E-state index is 0.0635. The SMILES string of the molecule is C=CCC(F)(F)c1c(/C(C#N)=c2/cc(C#N)/c(=C(\C#N)c3cc(C(F)(F)CCC)c(C#N)c(C#N)c3C(F)(F)F)cc2C#N)cc(C(F)(F)F)c(C#N)c1C#N. The van der Waals surface area contributed by atoms with Crippen LogP contribution < -0.4 is 10.4 Å². The minimum atomic E-state index is -5.64. The highest BCUT2D eigenvalue weighted by atomic mass is 19.4. The molecule has 0 saturated carbocycles. The standard InChI is InChI=1S/C38H16F10N8/c1-3-5-35(39,40)31-9-24(34(38(46,47)48)30(18-56)27(31)15-53)26(14-52)22-8-19(11-49)21(7-20(22)12-50)25(13-51)23-10-32(37(43,44)45)28(16-54)29(17-55)33(23)36(41,42)6-4-2/h4,7-10H,2-3,5-6H2,1H3/b25-21-,26-22+. The topological polar surface area (TPSA) is 190 Å². The van der Waals surface area contributed by atoms with E-state index in [2.05, 4.69) is 6.58 Å². The average molecular weight is 775 g/mol. The van der Waals surface area contributed by atoms with Crippen LogP contribution in [0.15, 0.2) is 36.9 Å². The number of nitrogens with zero attached hydrogens (tertiary/aromatic N) is 8. The highest BCUT2D eigenvalue weighted by Gasteiger charge is 2.45. The van der Waals surface area contributed by atoms with E-state index in [-0.39, 0.29) is 18.6 Å². The number of alkyl halides is 10. The van der Waals surface area contributed by atoms with Crippen molar-refractivity contribution < 1.29 is 43.9 Å². The summed E-state index contributed by atoms with van der Waals surface area (Å²) < 4.78 is 149. The Bertz CT molecular complexity index is 2670. The Morgan fingerprint density at radius 1 is 0.554 bits per heavy atom. The summed E-state index contributed by atoms with van der Waals surface area (Å²) >= 11 is 0. The first-order chi connectivity index (χ1) is 26.1. The first-order valence-corrected chi connectivity index (χ1v) is 15.2. The van der Waals surface area contributed by atoms with Crippen LogP contribution in [0.2, 0.25) is 0 Å². The van der Waals surface area contributed by atoms with Gasteiger partial charge in [-0.25, -0.2) is 17.6 Å². The number of nitriles is 8. The molecule has 0 aliphatic rings. The molecule has 18 heteroatoms. The summed E-state index contributed by atoms with van der Waals surface area (Å²) in [5, 5.41) is 77.3. The van der Waals surface area contributed by atoms with Gasteiger partial charge in [0, 0.05) is 45.5 Å². The second kappa shape index (κ2) is 15.8. The summed E-state index contributed by atoms with van der Waals surface area (Å²) in [7, 11) is 0. The third kappa shape index (κ3) is 7.56. The predicted octanol–water partition coefficient (Wildman–Crippen LogP) is 7.96. The molecule has 8 nitrogen and oxygen atoms in total. The van der Waals surface area contributed by atoms with Crippen molar-refractivity contribution in [3.63, 3.8) is 0 Å². The number of benzene rings is 3. The number of hydrogen-bond acceptors (Lipinski definition) is 8. The van der Waals surface area contributed by atoms with Gasteiger partial charge < -0.3 is 0 Å². The van der Waals surface area contributed by atoms with Gasteiger partial charge >= 0.3 is 12.4 Å². The van der Waals surface area contributed by atoms with Gasteiger partial charge in [-0.05, 0) is 24.3 Å². The Kier molecular flexibility index (Phi) is 12.0. The lowest BCUT2D eigenvalue weighted by atomic mass is 9.83. The molecule has 3 aromatic carbocycles. The average Bonchev–Trinajstić information content (AvgIpc) is 3.13. The molecule has 0 spiro atoms. The van der Waals surface area contributed by atoms with Crippen molar-refractivity contribution >= 4 is 11.1 Å². The van der Waals surface area contributed by atoms with Crippen molar-refractivity contribution in [3.8, 4) is 48.6 Å². The maximum atomic E-state index is 15.7. The molecule has 278 valence electrons. The minimum Gasteiger partial charge on any atom is -0.201 e. The Morgan fingerprint density at radius 2 is 0.964 bits per heavy atom. The molecule has 0 aliphatic carbocycles. The normalized spacial score (nSPS) is 12.6. The van der Waals surface area contributed by atoms with Crippen LogP contribution in [0.4, 0.5) is 43.9 Å². The lowest BCUT2D eigenvalue weighted by Gasteiger charge is -2.23. The monoisotopic (exact) mass is 774 g/mol. The summed E-state index contributed by atoms with van der Waals surface area (Å²) in [4.78, 5) is 0. The van der Waals surface area contributed by atoms with Crippen LogP contribution in [0.1, 0.15) is 92.9 Å². The van der Waals surface area contributed by atoms with Crippen molar-refractivity contribution in [2.45, 2.75) is 50.4 Å². The zero-order valence-corrected chi connectivity index (χ0v) is 28.1. The van der Waals surface area contributed by atoms with Gasteiger partial charge in [0.1, 0.15) is 36.4 Å². The molecule has 0 saturated heterocycles. The quantitative estimate of drug-likeness (QED) is 0.163. The third-order valence-corrected chi connectivity index (χ3v) is 8.11. The lowest BCUT2D eigenvalue weighted by Crippen LogP contribution is -2.26. The van der Waals surface area contributed by atoms with E-state index in [4.69, 9.17) is 0 Å². The maximum absolute atomic E-state index is 15.7. The van der Waals surface area contributed by atoms with E-state index in [1.807, 2.05) is 0 Å². The molecule has 3 rings (SSSR count). The lowest BCUT2D eigenvalue weighted by molar-refractivity contribution is -0.138. The van der Waals surface area contributed by atoms with Gasteiger partial charge in [0.05, 0.1) is 67.8 Å². The van der Waals surface area contributed by atoms with Crippen LogP contribution in [0.3, 0.4) is 0 Å². The van der Waals surface area contributed by atoms with Gasteiger partial charge in [-0.3, -0.25) is 0 Å². The van der Waals surface area contributed by atoms with Gasteiger partial charge in [-0.2, -0.15) is 68.4 Å². The zero-order valence-electron chi connectivity index (χ0n) is 28.1. The van der Waals surface area contributed by atoms with Crippen LogP contribution >= 0.6 is 0 Å². The summed E-state index contributed by atoms with van der Waals surface area (Å²) in [6, 6.07) is 10.9. The van der Waals surface area contributed by atoms with Crippen LogP contribution in [0.5, 0.6) is 0 Å². The van der Waals surface area contributed by atoms with Crippen molar-refractivity contribution in [1.82, 2.24) is 0 Å². The van der Waals surface area contributed by atoms with Crippen LogP contribution in [0, 0.1) is 90.6 Å². The fourth-order valence-corrected chi connectivity index (χ4v) is 5.86. The summed E-state index contributed by atoms with van der Waals surface area (Å²) in [6.07, 6.45) is -13.3. The first kappa shape index (κ1) is 42.8. The van der Waals surface area contributed by atoms with Gasteiger partial charge in [0.15, 0.2) is 0 Å². The highest BCUT2D eigenvalue weighted by Crippen LogP contribution is 2.46. The molecule has 0 N–H and O–H groups in total. The van der Waals surface area contributed by atoms with Crippen molar-refractivity contribution in [3.05, 3.63) is 114 Å². The molecule has 56 heavy (non-hydrogen) atoms. The van der Waals surface area contributed by atoms with E-state index in [1.54, 1.807) is 0 Å². The molecule has 0 amide bonds. The van der Waals surface area contributed by atoms with E-state index >= 15 is 17.6 Å². The van der Waals surface area contributed by atoms with Gasteiger partial charge in [0.25, 0.3) is 11.8 Å².